The fourth-order valence-electron chi connectivity index (χ4n) is 2.66. The molecule has 0 aliphatic carbocycles. The number of halogens is 2. The van der Waals surface area contributed by atoms with Crippen molar-refractivity contribution in [3.05, 3.63) is 0 Å². The number of hydrogen-bond acceptors (Lipinski definition) is 2. The second kappa shape index (κ2) is 15.5. The Balaban J connectivity index is 3.57. The molecule has 0 radical (unpaired) electrons. The Morgan fingerprint density at radius 3 is 2.09 bits per heavy atom. The van der Waals surface area contributed by atoms with E-state index in [0.29, 0.717) is 6.42 Å². The second-order valence-corrected chi connectivity index (χ2v) is 7.59. The number of carboxylic acids is 1. The van der Waals surface area contributed by atoms with Crippen molar-refractivity contribution in [1.29, 1.82) is 0 Å². The Kier molecular flexibility index (Phi) is 15.5. The molecule has 0 aromatic heterocycles. The van der Waals surface area contributed by atoms with Gasteiger partial charge in [-0.3, -0.25) is 4.79 Å². The molecule has 0 amide bonds. The predicted molar refractivity (Wildman–Crippen MR) is 98.6 cm³/mol. The summed E-state index contributed by atoms with van der Waals surface area (Å²) < 4.78 is 0. The molecule has 3 nitrogen and oxygen atoms in total. The highest BCUT2D eigenvalue weighted by Crippen LogP contribution is 2.23. The average molecular weight is 369 g/mol. The summed E-state index contributed by atoms with van der Waals surface area (Å²) in [6, 6.07) is 0. The first-order valence-corrected chi connectivity index (χ1v) is 10.0. The van der Waals surface area contributed by atoms with Crippen molar-refractivity contribution in [1.82, 2.24) is 0 Å². The van der Waals surface area contributed by atoms with Crippen molar-refractivity contribution in [3.63, 3.8) is 0 Å². The third-order valence-corrected chi connectivity index (χ3v) is 5.28. The fourth-order valence-corrected chi connectivity index (χ4v) is 3.25. The van der Waals surface area contributed by atoms with E-state index in [9.17, 15) is 9.90 Å². The van der Waals surface area contributed by atoms with Gasteiger partial charge in [0.1, 0.15) is 0 Å². The van der Waals surface area contributed by atoms with Crippen molar-refractivity contribution < 1.29 is 15.0 Å². The summed E-state index contributed by atoms with van der Waals surface area (Å²) in [6.45, 7) is 2.18. The predicted octanol–water partition coefficient (Wildman–Crippen LogP) is 5.74. The van der Waals surface area contributed by atoms with Gasteiger partial charge in [0, 0.05) is 6.42 Å². The van der Waals surface area contributed by atoms with E-state index in [2.05, 4.69) is 6.92 Å². The maximum Gasteiger partial charge on any atom is 0.303 e. The van der Waals surface area contributed by atoms with Crippen LogP contribution in [-0.4, -0.2) is 33.0 Å². The van der Waals surface area contributed by atoms with Gasteiger partial charge in [-0.05, 0) is 25.7 Å². The monoisotopic (exact) mass is 368 g/mol. The maximum absolute atomic E-state index is 10.4. The summed E-state index contributed by atoms with van der Waals surface area (Å²) in [5, 5.41) is 18.3. The summed E-state index contributed by atoms with van der Waals surface area (Å²) in [5.41, 5.74) is 0. The molecule has 0 bridgehead atoms. The summed E-state index contributed by atoms with van der Waals surface area (Å²) in [4.78, 5) is 10.4. The number of unbranched alkanes of at least 4 members (excludes halogenated alkanes) is 7. The lowest BCUT2D eigenvalue weighted by Crippen LogP contribution is -2.22. The molecular weight excluding hydrogens is 335 g/mol. The summed E-state index contributed by atoms with van der Waals surface area (Å²) in [6.07, 6.45) is 11.7. The highest BCUT2D eigenvalue weighted by molar-refractivity contribution is 6.30. The molecule has 5 heteroatoms. The highest BCUT2D eigenvalue weighted by atomic mass is 35.5. The van der Waals surface area contributed by atoms with E-state index in [0.717, 1.165) is 51.4 Å². The molecule has 2 N–H and O–H groups in total. The largest absolute Gasteiger partial charge is 0.481 e. The van der Waals surface area contributed by atoms with E-state index in [1.54, 1.807) is 0 Å². The minimum atomic E-state index is -0.718. The van der Waals surface area contributed by atoms with Crippen LogP contribution < -0.4 is 0 Å². The minimum Gasteiger partial charge on any atom is -0.481 e. The molecule has 0 aliphatic rings. The van der Waals surface area contributed by atoms with Crippen LogP contribution in [0.5, 0.6) is 0 Å². The van der Waals surface area contributed by atoms with Gasteiger partial charge >= 0.3 is 5.97 Å². The molecule has 0 spiro atoms. The first-order chi connectivity index (χ1) is 11.0. The van der Waals surface area contributed by atoms with E-state index < -0.39 is 5.97 Å². The van der Waals surface area contributed by atoms with Crippen molar-refractivity contribution >= 4 is 29.2 Å². The lowest BCUT2D eigenvalue weighted by molar-refractivity contribution is -0.137. The zero-order valence-corrected chi connectivity index (χ0v) is 16.0. The number of rotatable bonds is 16. The smallest absolute Gasteiger partial charge is 0.303 e. The van der Waals surface area contributed by atoms with Crippen molar-refractivity contribution in [2.75, 3.05) is 0 Å². The number of aliphatic hydroxyl groups excluding tert-OH is 1. The Labute approximate surface area is 151 Å². The van der Waals surface area contributed by atoms with E-state index >= 15 is 0 Å². The maximum atomic E-state index is 10.4. The lowest BCUT2D eigenvalue weighted by Gasteiger charge is -2.19. The number of alkyl halides is 2. The van der Waals surface area contributed by atoms with Crippen LogP contribution in [0.25, 0.3) is 0 Å². The molecule has 0 aromatic rings. The van der Waals surface area contributed by atoms with Crippen molar-refractivity contribution in [2.45, 2.75) is 107 Å². The Morgan fingerprint density at radius 1 is 0.870 bits per heavy atom. The lowest BCUT2D eigenvalue weighted by atomic mass is 10.0. The Hall–Kier alpha value is 0.01000. The second-order valence-electron chi connectivity index (χ2n) is 6.47. The number of aliphatic hydroxyl groups is 1. The van der Waals surface area contributed by atoms with Gasteiger partial charge in [-0.2, -0.15) is 0 Å². The van der Waals surface area contributed by atoms with Crippen LogP contribution in [0, 0.1) is 0 Å². The standard InChI is InChI=1S/C18H34Cl2O3/c1-2-3-4-8-11-15(21)14-17(20)16(19)12-9-6-5-7-10-13-18(22)23/h15-17,21H,2-14H2,1H3,(H,22,23). The molecule has 0 rings (SSSR count). The van der Waals surface area contributed by atoms with Crippen LogP contribution in [0.2, 0.25) is 0 Å². The van der Waals surface area contributed by atoms with Crippen LogP contribution in [0.1, 0.15) is 90.4 Å². The van der Waals surface area contributed by atoms with E-state index in [1.165, 1.54) is 19.3 Å². The normalized spacial score (nSPS) is 15.3. The summed E-state index contributed by atoms with van der Waals surface area (Å²) in [7, 11) is 0. The van der Waals surface area contributed by atoms with Crippen LogP contribution in [0.4, 0.5) is 0 Å². The topological polar surface area (TPSA) is 57.5 Å². The van der Waals surface area contributed by atoms with Gasteiger partial charge in [-0.15, -0.1) is 23.2 Å². The zero-order valence-electron chi connectivity index (χ0n) is 14.5. The first-order valence-electron chi connectivity index (χ1n) is 9.15. The number of hydrogen-bond donors (Lipinski definition) is 2. The van der Waals surface area contributed by atoms with Gasteiger partial charge < -0.3 is 10.2 Å². The molecular formula is C18H34Cl2O3. The van der Waals surface area contributed by atoms with Crippen LogP contribution in [0.15, 0.2) is 0 Å². The van der Waals surface area contributed by atoms with E-state index in [4.69, 9.17) is 28.3 Å². The van der Waals surface area contributed by atoms with Gasteiger partial charge in [-0.25, -0.2) is 0 Å². The van der Waals surface area contributed by atoms with Gasteiger partial charge in [0.15, 0.2) is 0 Å². The molecule has 23 heavy (non-hydrogen) atoms. The van der Waals surface area contributed by atoms with Crippen molar-refractivity contribution in [3.8, 4) is 0 Å². The van der Waals surface area contributed by atoms with Gasteiger partial charge in [0.2, 0.25) is 0 Å². The Bertz CT molecular complexity index is 287. The number of carboxylic acid groups (broad SMARTS) is 1. The third-order valence-electron chi connectivity index (χ3n) is 4.15. The third kappa shape index (κ3) is 15.3. The first kappa shape index (κ1) is 23.0. The summed E-state index contributed by atoms with van der Waals surface area (Å²) >= 11 is 12.6. The molecule has 0 fully saturated rings. The SMILES string of the molecule is CCCCCCC(O)CC(Cl)C(Cl)CCCCCCCC(=O)O. The molecule has 3 atom stereocenters. The average Bonchev–Trinajstić information content (AvgIpc) is 2.50. The summed E-state index contributed by atoms with van der Waals surface area (Å²) in [5.74, 6) is -0.718. The number of aliphatic carboxylic acids is 1. The minimum absolute atomic E-state index is 0.0963. The fraction of sp³-hybridized carbons (Fsp3) is 0.944. The van der Waals surface area contributed by atoms with E-state index in [-0.39, 0.29) is 23.3 Å². The van der Waals surface area contributed by atoms with Gasteiger partial charge in [0.05, 0.1) is 16.9 Å². The van der Waals surface area contributed by atoms with Crippen molar-refractivity contribution in [2.24, 2.45) is 0 Å². The molecule has 0 heterocycles. The molecule has 3 unspecified atom stereocenters. The van der Waals surface area contributed by atoms with Crippen LogP contribution in [-0.2, 0) is 4.79 Å². The van der Waals surface area contributed by atoms with Crippen LogP contribution in [0.3, 0.4) is 0 Å². The van der Waals surface area contributed by atoms with Gasteiger partial charge in [0.25, 0.3) is 0 Å². The molecule has 0 saturated carbocycles. The highest BCUT2D eigenvalue weighted by Gasteiger charge is 2.19. The quantitative estimate of drug-likeness (QED) is 0.269. The molecule has 0 aliphatic heterocycles. The Morgan fingerprint density at radius 2 is 1.43 bits per heavy atom. The molecule has 0 aromatic carbocycles. The molecule has 0 saturated heterocycles. The van der Waals surface area contributed by atoms with E-state index in [1.807, 2.05) is 0 Å². The number of carbonyl (C=O) groups is 1. The molecule has 138 valence electrons. The van der Waals surface area contributed by atoms with Crippen LogP contribution >= 0.6 is 23.2 Å². The van der Waals surface area contributed by atoms with Gasteiger partial charge in [-0.1, -0.05) is 58.3 Å². The zero-order chi connectivity index (χ0) is 17.5.